The smallest absolute Gasteiger partial charge is 0.166 e. The van der Waals surface area contributed by atoms with Gasteiger partial charge in [0.15, 0.2) is 6.29 Å². The molecule has 0 fully saturated rings. The second-order valence-electron chi connectivity index (χ2n) is 2.98. The standard InChI is InChI=1S/C9H9N3O2/c1-7-9(11-14-10-7)5-12-4-2-3-8(12)6-13/h2-4,6H,5H2,1H3. The first kappa shape index (κ1) is 8.68. The fraction of sp³-hybridized carbons (Fsp3) is 0.222. The molecule has 0 spiro atoms. The van der Waals surface area contributed by atoms with Crippen molar-refractivity contribution in [3.8, 4) is 0 Å². The van der Waals surface area contributed by atoms with E-state index in [1.807, 2.05) is 19.2 Å². The molecule has 0 radical (unpaired) electrons. The maximum absolute atomic E-state index is 10.6. The van der Waals surface area contributed by atoms with Gasteiger partial charge in [0.05, 0.1) is 12.2 Å². The van der Waals surface area contributed by atoms with Crippen LogP contribution < -0.4 is 0 Å². The first-order valence-electron chi connectivity index (χ1n) is 4.19. The molecular formula is C9H9N3O2. The Bertz CT molecular complexity index is 444. The molecule has 2 rings (SSSR count). The van der Waals surface area contributed by atoms with E-state index in [9.17, 15) is 4.79 Å². The Hall–Kier alpha value is -1.91. The summed E-state index contributed by atoms with van der Waals surface area (Å²) in [6, 6.07) is 3.56. The zero-order valence-corrected chi connectivity index (χ0v) is 7.67. The van der Waals surface area contributed by atoms with Crippen LogP contribution in [0.15, 0.2) is 23.0 Å². The summed E-state index contributed by atoms with van der Waals surface area (Å²) < 4.78 is 6.36. The molecule has 72 valence electrons. The van der Waals surface area contributed by atoms with E-state index in [4.69, 9.17) is 0 Å². The van der Waals surface area contributed by atoms with Gasteiger partial charge in [0.25, 0.3) is 0 Å². The van der Waals surface area contributed by atoms with Crippen molar-refractivity contribution < 1.29 is 9.42 Å². The lowest BCUT2D eigenvalue weighted by atomic mass is 10.3. The number of aromatic nitrogens is 3. The second kappa shape index (κ2) is 3.45. The van der Waals surface area contributed by atoms with Crippen molar-refractivity contribution in [2.45, 2.75) is 13.5 Å². The largest absolute Gasteiger partial charge is 0.339 e. The third-order valence-corrected chi connectivity index (χ3v) is 2.05. The summed E-state index contributed by atoms with van der Waals surface area (Å²) >= 11 is 0. The molecule has 0 amide bonds. The first-order chi connectivity index (χ1) is 6.81. The summed E-state index contributed by atoms with van der Waals surface area (Å²) in [5.41, 5.74) is 2.10. The lowest BCUT2D eigenvalue weighted by Crippen LogP contribution is -2.03. The fourth-order valence-corrected chi connectivity index (χ4v) is 1.23. The molecule has 0 aliphatic carbocycles. The van der Waals surface area contributed by atoms with Crippen molar-refractivity contribution in [3.05, 3.63) is 35.4 Å². The van der Waals surface area contributed by atoms with Crippen LogP contribution in [-0.2, 0) is 6.54 Å². The third kappa shape index (κ3) is 1.44. The van der Waals surface area contributed by atoms with Crippen molar-refractivity contribution >= 4 is 6.29 Å². The van der Waals surface area contributed by atoms with Gasteiger partial charge in [-0.3, -0.25) is 4.79 Å². The zero-order chi connectivity index (χ0) is 9.97. The van der Waals surface area contributed by atoms with E-state index >= 15 is 0 Å². The highest BCUT2D eigenvalue weighted by Gasteiger charge is 2.07. The Morgan fingerprint density at radius 3 is 3.07 bits per heavy atom. The van der Waals surface area contributed by atoms with Gasteiger partial charge < -0.3 is 4.57 Å². The van der Waals surface area contributed by atoms with E-state index < -0.39 is 0 Å². The maximum Gasteiger partial charge on any atom is 0.166 e. The van der Waals surface area contributed by atoms with Crippen molar-refractivity contribution in [1.29, 1.82) is 0 Å². The number of rotatable bonds is 3. The molecular weight excluding hydrogens is 182 g/mol. The maximum atomic E-state index is 10.6. The minimum atomic E-state index is 0.510. The Balaban J connectivity index is 2.27. The van der Waals surface area contributed by atoms with Crippen LogP contribution in [0.25, 0.3) is 0 Å². The van der Waals surface area contributed by atoms with Crippen LogP contribution in [0, 0.1) is 6.92 Å². The third-order valence-electron chi connectivity index (χ3n) is 2.05. The summed E-state index contributed by atoms with van der Waals surface area (Å²) in [6.45, 7) is 2.33. The SMILES string of the molecule is Cc1nonc1Cn1cccc1C=O. The number of carbonyl (C=O) groups is 1. The normalized spacial score (nSPS) is 10.4. The van der Waals surface area contributed by atoms with Crippen molar-refractivity contribution in [3.63, 3.8) is 0 Å². The highest BCUT2D eigenvalue weighted by atomic mass is 16.6. The Kier molecular flexibility index (Phi) is 2.14. The van der Waals surface area contributed by atoms with E-state index in [-0.39, 0.29) is 0 Å². The molecule has 0 aromatic carbocycles. The molecule has 0 saturated heterocycles. The van der Waals surface area contributed by atoms with Gasteiger partial charge in [0.2, 0.25) is 0 Å². The molecule has 0 aliphatic heterocycles. The molecule has 0 saturated carbocycles. The molecule has 0 aliphatic rings. The average molecular weight is 191 g/mol. The molecule has 2 aromatic rings. The van der Waals surface area contributed by atoms with E-state index in [2.05, 4.69) is 14.9 Å². The molecule has 0 atom stereocenters. The molecule has 2 heterocycles. The zero-order valence-electron chi connectivity index (χ0n) is 7.67. The molecule has 0 bridgehead atoms. The molecule has 2 aromatic heterocycles. The number of aryl methyl sites for hydroxylation is 1. The van der Waals surface area contributed by atoms with Gasteiger partial charge in [-0.2, -0.15) is 0 Å². The molecule has 5 heteroatoms. The van der Waals surface area contributed by atoms with Gasteiger partial charge in [-0.05, 0) is 19.1 Å². The van der Waals surface area contributed by atoms with Crippen molar-refractivity contribution in [2.24, 2.45) is 0 Å². The molecule has 14 heavy (non-hydrogen) atoms. The van der Waals surface area contributed by atoms with Crippen LogP contribution in [0.2, 0.25) is 0 Å². The highest BCUT2D eigenvalue weighted by molar-refractivity contribution is 5.72. The van der Waals surface area contributed by atoms with Gasteiger partial charge in [-0.25, -0.2) is 4.63 Å². The predicted molar refractivity (Wildman–Crippen MR) is 48.0 cm³/mol. The summed E-state index contributed by atoms with van der Waals surface area (Å²) in [5, 5.41) is 7.41. The predicted octanol–water partition coefficient (Wildman–Crippen LogP) is 1.04. The van der Waals surface area contributed by atoms with E-state index in [1.165, 1.54) is 0 Å². The van der Waals surface area contributed by atoms with Crippen LogP contribution in [0.5, 0.6) is 0 Å². The number of aldehydes is 1. The number of carbonyl (C=O) groups excluding carboxylic acids is 1. The Morgan fingerprint density at radius 1 is 1.57 bits per heavy atom. The van der Waals surface area contributed by atoms with Crippen LogP contribution in [0.4, 0.5) is 0 Å². The summed E-state index contributed by atoms with van der Waals surface area (Å²) in [7, 11) is 0. The highest BCUT2D eigenvalue weighted by Crippen LogP contribution is 2.06. The van der Waals surface area contributed by atoms with Crippen molar-refractivity contribution in [2.75, 3.05) is 0 Å². The number of nitrogens with zero attached hydrogens (tertiary/aromatic N) is 3. The van der Waals surface area contributed by atoms with Crippen LogP contribution in [0.3, 0.4) is 0 Å². The topological polar surface area (TPSA) is 60.9 Å². The number of hydrogen-bond donors (Lipinski definition) is 0. The summed E-state index contributed by atoms with van der Waals surface area (Å²) in [4.78, 5) is 10.6. The van der Waals surface area contributed by atoms with Gasteiger partial charge in [-0.1, -0.05) is 10.3 Å². The quantitative estimate of drug-likeness (QED) is 0.680. The minimum Gasteiger partial charge on any atom is -0.339 e. The fourth-order valence-electron chi connectivity index (χ4n) is 1.23. The van der Waals surface area contributed by atoms with Gasteiger partial charge in [0, 0.05) is 6.20 Å². The lowest BCUT2D eigenvalue weighted by molar-refractivity contribution is 0.111. The first-order valence-corrected chi connectivity index (χ1v) is 4.19. The van der Waals surface area contributed by atoms with Crippen LogP contribution in [0.1, 0.15) is 21.9 Å². The summed E-state index contributed by atoms with van der Waals surface area (Å²) in [6.07, 6.45) is 2.63. The second-order valence-corrected chi connectivity index (χ2v) is 2.98. The summed E-state index contributed by atoms with van der Waals surface area (Å²) in [5.74, 6) is 0. The van der Waals surface area contributed by atoms with E-state index in [0.717, 1.165) is 17.7 Å². The Labute approximate surface area is 80.3 Å². The van der Waals surface area contributed by atoms with Gasteiger partial charge >= 0.3 is 0 Å². The average Bonchev–Trinajstić information content (AvgIpc) is 2.77. The monoisotopic (exact) mass is 191 g/mol. The number of hydrogen-bond acceptors (Lipinski definition) is 4. The molecule has 5 nitrogen and oxygen atoms in total. The Morgan fingerprint density at radius 2 is 2.43 bits per heavy atom. The van der Waals surface area contributed by atoms with Gasteiger partial charge in [0.1, 0.15) is 11.4 Å². The molecule has 0 unspecified atom stereocenters. The lowest BCUT2D eigenvalue weighted by Gasteiger charge is -2.01. The van der Waals surface area contributed by atoms with Gasteiger partial charge in [-0.15, -0.1) is 0 Å². The minimum absolute atomic E-state index is 0.510. The van der Waals surface area contributed by atoms with Crippen LogP contribution >= 0.6 is 0 Å². The van der Waals surface area contributed by atoms with E-state index in [1.54, 1.807) is 10.6 Å². The van der Waals surface area contributed by atoms with Crippen LogP contribution in [-0.4, -0.2) is 21.2 Å². The van der Waals surface area contributed by atoms with Crippen molar-refractivity contribution in [1.82, 2.24) is 14.9 Å². The van der Waals surface area contributed by atoms with E-state index in [0.29, 0.717) is 12.2 Å². The molecule has 0 N–H and O–H groups in total.